The SMILES string of the molecule is CC(C)N(C(C)C)[Si](C)(O[SiH](C)C)O[SiH](C)C. The molecule has 0 atom stereocenters. The van der Waals surface area contributed by atoms with E-state index in [2.05, 4.69) is 65.0 Å². The Bertz CT molecular complexity index is 205. The maximum absolute atomic E-state index is 6.35. The fourth-order valence-electron chi connectivity index (χ4n) is 2.56. The zero-order valence-electron chi connectivity index (χ0n) is 13.1. The number of rotatable bonds is 7. The Morgan fingerprint density at radius 2 is 1.12 bits per heavy atom. The molecule has 0 aliphatic carbocycles. The van der Waals surface area contributed by atoms with Gasteiger partial charge in [-0.05, 0) is 32.7 Å². The molecule has 0 aromatic heterocycles. The largest absolute Gasteiger partial charge is 0.428 e. The Morgan fingerprint density at radius 1 is 0.824 bits per heavy atom. The van der Waals surface area contributed by atoms with Crippen molar-refractivity contribution in [2.45, 2.75) is 72.5 Å². The minimum absolute atomic E-state index is 0.479. The van der Waals surface area contributed by atoms with E-state index in [1.165, 1.54) is 0 Å². The Morgan fingerprint density at radius 3 is 1.29 bits per heavy atom. The van der Waals surface area contributed by atoms with Crippen LogP contribution in [0.5, 0.6) is 0 Å². The predicted molar refractivity (Wildman–Crippen MR) is 83.7 cm³/mol. The first kappa shape index (κ1) is 17.5. The molecular weight excluding hydrogens is 262 g/mol. The summed E-state index contributed by atoms with van der Waals surface area (Å²) in [6, 6.07) is 0.958. The molecule has 0 rings (SSSR count). The molecule has 3 nitrogen and oxygen atoms in total. The Kier molecular flexibility index (Phi) is 7.43. The van der Waals surface area contributed by atoms with E-state index in [1.54, 1.807) is 0 Å². The molecule has 0 aliphatic rings. The highest BCUT2D eigenvalue weighted by atomic mass is 28.5. The highest BCUT2D eigenvalue weighted by Gasteiger charge is 2.43. The summed E-state index contributed by atoms with van der Waals surface area (Å²) < 4.78 is 15.2. The van der Waals surface area contributed by atoms with Gasteiger partial charge in [-0.1, -0.05) is 27.7 Å². The predicted octanol–water partition coefficient (Wildman–Crippen LogP) is 2.67. The molecule has 0 saturated carbocycles. The lowest BCUT2D eigenvalue weighted by Gasteiger charge is -2.45. The second-order valence-electron chi connectivity index (χ2n) is 5.83. The zero-order valence-corrected chi connectivity index (χ0v) is 16.4. The fraction of sp³-hybridized carbons (Fsp3) is 1.00. The van der Waals surface area contributed by atoms with E-state index in [4.69, 9.17) is 8.23 Å². The monoisotopic (exact) mass is 293 g/mol. The van der Waals surface area contributed by atoms with Crippen LogP contribution in [-0.4, -0.2) is 43.5 Å². The van der Waals surface area contributed by atoms with E-state index in [-0.39, 0.29) is 0 Å². The van der Waals surface area contributed by atoms with Crippen molar-refractivity contribution < 1.29 is 8.23 Å². The molecule has 0 amide bonds. The van der Waals surface area contributed by atoms with Gasteiger partial charge in [0.2, 0.25) is 0 Å². The van der Waals surface area contributed by atoms with E-state index in [0.717, 1.165) is 0 Å². The van der Waals surface area contributed by atoms with Gasteiger partial charge in [0.15, 0.2) is 18.1 Å². The Balaban J connectivity index is 5.10. The second kappa shape index (κ2) is 7.20. The summed E-state index contributed by atoms with van der Waals surface area (Å²) in [5.41, 5.74) is 0. The molecule has 0 N–H and O–H groups in total. The van der Waals surface area contributed by atoms with Crippen LogP contribution in [0.2, 0.25) is 32.7 Å². The van der Waals surface area contributed by atoms with Gasteiger partial charge in [0, 0.05) is 12.1 Å². The van der Waals surface area contributed by atoms with Gasteiger partial charge in [-0.2, -0.15) is 0 Å². The van der Waals surface area contributed by atoms with Gasteiger partial charge >= 0.3 is 8.72 Å². The molecule has 0 heterocycles. The minimum atomic E-state index is -2.17. The van der Waals surface area contributed by atoms with Crippen LogP contribution in [-0.2, 0) is 8.23 Å². The Labute approximate surface area is 112 Å². The molecule has 0 aliphatic heterocycles. The molecule has 104 valence electrons. The van der Waals surface area contributed by atoms with Crippen LogP contribution in [0.4, 0.5) is 0 Å². The zero-order chi connectivity index (χ0) is 13.8. The standard InChI is InChI=1S/C11H31NO2Si3/c1-10(2)12(11(3)4)17(9,13-15(5)6)14-16(7)8/h10-11,15-16H,1-9H3. The summed E-state index contributed by atoms with van der Waals surface area (Å²) in [6.07, 6.45) is 0. The fourth-order valence-corrected chi connectivity index (χ4v) is 13.1. The van der Waals surface area contributed by atoms with Gasteiger partial charge in [0.1, 0.15) is 0 Å². The van der Waals surface area contributed by atoms with Crippen LogP contribution < -0.4 is 0 Å². The third-order valence-electron chi connectivity index (χ3n) is 2.49. The number of nitrogens with zero attached hydrogens (tertiary/aromatic N) is 1. The first-order valence-electron chi connectivity index (χ1n) is 6.74. The molecule has 0 bridgehead atoms. The van der Waals surface area contributed by atoms with Crippen molar-refractivity contribution in [3.63, 3.8) is 0 Å². The van der Waals surface area contributed by atoms with E-state index < -0.39 is 26.8 Å². The van der Waals surface area contributed by atoms with Crippen molar-refractivity contribution in [3.8, 4) is 0 Å². The maximum atomic E-state index is 6.35. The number of hydrogen-bond donors (Lipinski definition) is 0. The molecule has 0 unspecified atom stereocenters. The molecule has 0 spiro atoms. The molecule has 0 radical (unpaired) electrons. The lowest BCUT2D eigenvalue weighted by molar-refractivity contribution is 0.195. The second-order valence-corrected chi connectivity index (χ2v) is 14.2. The number of hydrogen-bond acceptors (Lipinski definition) is 3. The Hall–Kier alpha value is 0.531. The molecule has 0 aromatic rings. The topological polar surface area (TPSA) is 21.7 Å². The van der Waals surface area contributed by atoms with Crippen LogP contribution in [0.25, 0.3) is 0 Å². The van der Waals surface area contributed by atoms with Crippen LogP contribution >= 0.6 is 0 Å². The van der Waals surface area contributed by atoms with E-state index in [9.17, 15) is 0 Å². The summed E-state index contributed by atoms with van der Waals surface area (Å²) in [6.45, 7) is 20.1. The lowest BCUT2D eigenvalue weighted by Crippen LogP contribution is -2.64. The van der Waals surface area contributed by atoms with Crippen LogP contribution in [0, 0.1) is 0 Å². The molecule has 17 heavy (non-hydrogen) atoms. The third-order valence-corrected chi connectivity index (χ3v) is 11.7. The summed E-state index contributed by atoms with van der Waals surface area (Å²) in [4.78, 5) is 0. The van der Waals surface area contributed by atoms with Gasteiger partial charge < -0.3 is 8.23 Å². The van der Waals surface area contributed by atoms with Crippen molar-refractivity contribution in [1.82, 2.24) is 4.57 Å². The van der Waals surface area contributed by atoms with Gasteiger partial charge in [-0.15, -0.1) is 0 Å². The van der Waals surface area contributed by atoms with Crippen molar-refractivity contribution >= 4 is 26.8 Å². The average Bonchev–Trinajstić information content (AvgIpc) is 1.95. The lowest BCUT2D eigenvalue weighted by atomic mass is 10.3. The van der Waals surface area contributed by atoms with E-state index in [1.807, 2.05) is 0 Å². The van der Waals surface area contributed by atoms with Crippen LogP contribution in [0.3, 0.4) is 0 Å². The molecule has 6 heteroatoms. The summed E-state index contributed by atoms with van der Waals surface area (Å²) in [5, 5.41) is 0. The normalized spacial score (nSPS) is 13.8. The van der Waals surface area contributed by atoms with Crippen molar-refractivity contribution in [2.24, 2.45) is 0 Å². The van der Waals surface area contributed by atoms with Gasteiger partial charge in [0.05, 0.1) is 0 Å². The molecule has 0 aromatic carbocycles. The summed E-state index contributed by atoms with van der Waals surface area (Å²) in [5.74, 6) is 0. The van der Waals surface area contributed by atoms with E-state index >= 15 is 0 Å². The molecular formula is C11H31NO2Si3. The molecule has 0 saturated heterocycles. The van der Waals surface area contributed by atoms with Crippen LogP contribution in [0.1, 0.15) is 27.7 Å². The van der Waals surface area contributed by atoms with Crippen molar-refractivity contribution in [2.75, 3.05) is 0 Å². The smallest absolute Gasteiger partial charge is 0.403 e. The van der Waals surface area contributed by atoms with Gasteiger partial charge in [-0.25, -0.2) is 0 Å². The van der Waals surface area contributed by atoms with Gasteiger partial charge in [-0.3, -0.25) is 4.57 Å². The molecule has 0 fully saturated rings. The highest BCUT2D eigenvalue weighted by molar-refractivity contribution is 6.77. The van der Waals surface area contributed by atoms with E-state index in [0.29, 0.717) is 12.1 Å². The first-order valence-corrected chi connectivity index (χ1v) is 14.6. The third kappa shape index (κ3) is 5.80. The average molecular weight is 294 g/mol. The highest BCUT2D eigenvalue weighted by Crippen LogP contribution is 2.22. The van der Waals surface area contributed by atoms with Gasteiger partial charge in [0.25, 0.3) is 0 Å². The first-order chi connectivity index (χ1) is 7.60. The van der Waals surface area contributed by atoms with Crippen molar-refractivity contribution in [3.05, 3.63) is 0 Å². The maximum Gasteiger partial charge on any atom is 0.403 e. The quantitative estimate of drug-likeness (QED) is 0.674. The van der Waals surface area contributed by atoms with Crippen molar-refractivity contribution in [1.29, 1.82) is 0 Å². The summed E-state index contributed by atoms with van der Waals surface area (Å²) >= 11 is 0. The summed E-state index contributed by atoms with van der Waals surface area (Å²) in [7, 11) is -4.33. The van der Waals surface area contributed by atoms with Crippen LogP contribution in [0.15, 0.2) is 0 Å². The minimum Gasteiger partial charge on any atom is -0.428 e.